The van der Waals surface area contributed by atoms with E-state index in [4.69, 9.17) is 0 Å². The maximum absolute atomic E-state index is 9.42. The van der Waals surface area contributed by atoms with Gasteiger partial charge in [0.25, 0.3) is 0 Å². The van der Waals surface area contributed by atoms with Crippen LogP contribution in [0, 0.1) is 6.10 Å². The van der Waals surface area contributed by atoms with Crippen LogP contribution in [0.3, 0.4) is 0 Å². The fourth-order valence-corrected chi connectivity index (χ4v) is 1.21. The number of rotatable bonds is 4. The Morgan fingerprint density at radius 1 is 1.25 bits per heavy atom. The van der Waals surface area contributed by atoms with Gasteiger partial charge in [0.05, 0.1) is 6.10 Å². The molecule has 0 aliphatic carbocycles. The van der Waals surface area contributed by atoms with Gasteiger partial charge in [-0.05, 0) is 12.0 Å². The molecule has 1 aromatic carbocycles. The Labute approximate surface area is 74.1 Å². The molecule has 0 fully saturated rings. The summed E-state index contributed by atoms with van der Waals surface area (Å²) in [7, 11) is 0. The molecule has 0 saturated carbocycles. The SMILES string of the molecule is CCC[C](O)Cc1ccccc1. The topological polar surface area (TPSA) is 20.2 Å². The van der Waals surface area contributed by atoms with Crippen LogP contribution in [0.5, 0.6) is 0 Å². The number of aliphatic hydroxyl groups excluding tert-OH is 1. The Morgan fingerprint density at radius 2 is 1.92 bits per heavy atom. The Morgan fingerprint density at radius 3 is 2.50 bits per heavy atom. The average Bonchev–Trinajstić information content (AvgIpc) is 2.06. The van der Waals surface area contributed by atoms with Gasteiger partial charge in [0.15, 0.2) is 0 Å². The van der Waals surface area contributed by atoms with Crippen molar-refractivity contribution >= 4 is 0 Å². The van der Waals surface area contributed by atoms with Gasteiger partial charge >= 0.3 is 0 Å². The van der Waals surface area contributed by atoms with Gasteiger partial charge in [-0.1, -0.05) is 43.7 Å². The van der Waals surface area contributed by atoms with Crippen molar-refractivity contribution < 1.29 is 5.11 Å². The molecule has 0 spiro atoms. The molecule has 0 bridgehead atoms. The highest BCUT2D eigenvalue weighted by Gasteiger charge is 2.03. The third kappa shape index (κ3) is 3.05. The van der Waals surface area contributed by atoms with E-state index in [1.807, 2.05) is 30.3 Å². The van der Waals surface area contributed by atoms with Crippen molar-refractivity contribution in [2.45, 2.75) is 26.2 Å². The minimum atomic E-state index is 0.587. The molecule has 12 heavy (non-hydrogen) atoms. The van der Waals surface area contributed by atoms with Crippen LogP contribution in [-0.2, 0) is 6.42 Å². The van der Waals surface area contributed by atoms with Gasteiger partial charge in [-0.25, -0.2) is 0 Å². The van der Waals surface area contributed by atoms with Crippen LogP contribution < -0.4 is 0 Å². The molecule has 0 aromatic heterocycles. The molecule has 0 heterocycles. The molecule has 0 atom stereocenters. The van der Waals surface area contributed by atoms with Crippen LogP contribution in [0.4, 0.5) is 0 Å². The highest BCUT2D eigenvalue weighted by atomic mass is 16.3. The standard InChI is InChI=1S/C11H15O/c1-2-6-11(12)9-10-7-4-3-5-8-10/h3-5,7-8,12H,2,6,9H2,1H3. The summed E-state index contributed by atoms with van der Waals surface area (Å²) in [6, 6.07) is 10.0. The van der Waals surface area contributed by atoms with E-state index in [1.165, 1.54) is 5.56 Å². The molecular formula is C11H15O. The molecule has 1 nitrogen and oxygen atoms in total. The zero-order valence-electron chi connectivity index (χ0n) is 7.46. The Hall–Kier alpha value is -0.820. The van der Waals surface area contributed by atoms with E-state index in [0.29, 0.717) is 12.5 Å². The monoisotopic (exact) mass is 163 g/mol. The maximum atomic E-state index is 9.42. The molecule has 1 N–H and O–H groups in total. The summed E-state index contributed by atoms with van der Waals surface area (Å²) in [4.78, 5) is 0. The lowest BCUT2D eigenvalue weighted by atomic mass is 10.1. The van der Waals surface area contributed by atoms with Gasteiger partial charge in [-0.3, -0.25) is 0 Å². The lowest BCUT2D eigenvalue weighted by Crippen LogP contribution is -1.99. The van der Waals surface area contributed by atoms with E-state index in [2.05, 4.69) is 6.92 Å². The van der Waals surface area contributed by atoms with Crippen molar-refractivity contribution in [2.75, 3.05) is 0 Å². The fourth-order valence-electron chi connectivity index (χ4n) is 1.21. The van der Waals surface area contributed by atoms with Crippen LogP contribution in [0.2, 0.25) is 0 Å². The Bertz CT molecular complexity index is 206. The first-order chi connectivity index (χ1) is 5.83. The smallest absolute Gasteiger partial charge is 0.0976 e. The second-order valence-electron chi connectivity index (χ2n) is 2.98. The number of hydrogen-bond donors (Lipinski definition) is 1. The highest BCUT2D eigenvalue weighted by molar-refractivity contribution is 5.17. The molecule has 1 rings (SSSR count). The average molecular weight is 163 g/mol. The van der Waals surface area contributed by atoms with Crippen molar-refractivity contribution in [3.8, 4) is 0 Å². The van der Waals surface area contributed by atoms with Crippen LogP contribution in [-0.4, -0.2) is 5.11 Å². The molecule has 0 aliphatic rings. The van der Waals surface area contributed by atoms with Crippen molar-refractivity contribution in [1.29, 1.82) is 0 Å². The Balaban J connectivity index is 2.41. The van der Waals surface area contributed by atoms with E-state index in [9.17, 15) is 5.11 Å². The summed E-state index contributed by atoms with van der Waals surface area (Å²) in [5.41, 5.74) is 1.18. The molecule has 0 aliphatic heterocycles. The molecule has 0 unspecified atom stereocenters. The van der Waals surface area contributed by atoms with Gasteiger partial charge in [0.1, 0.15) is 0 Å². The molecular weight excluding hydrogens is 148 g/mol. The van der Waals surface area contributed by atoms with Crippen LogP contribution in [0.25, 0.3) is 0 Å². The molecule has 0 saturated heterocycles. The van der Waals surface area contributed by atoms with Crippen molar-refractivity contribution in [2.24, 2.45) is 0 Å². The van der Waals surface area contributed by atoms with Crippen LogP contribution >= 0.6 is 0 Å². The largest absolute Gasteiger partial charge is 0.387 e. The quantitative estimate of drug-likeness (QED) is 0.723. The van der Waals surface area contributed by atoms with Gasteiger partial charge < -0.3 is 5.11 Å². The summed E-state index contributed by atoms with van der Waals surface area (Å²) >= 11 is 0. The second kappa shape index (κ2) is 4.94. The zero-order valence-corrected chi connectivity index (χ0v) is 7.46. The first-order valence-corrected chi connectivity index (χ1v) is 4.40. The summed E-state index contributed by atoms with van der Waals surface area (Å²) in [5, 5.41) is 9.42. The van der Waals surface area contributed by atoms with Gasteiger partial charge in [-0.15, -0.1) is 0 Å². The fraction of sp³-hybridized carbons (Fsp3) is 0.364. The van der Waals surface area contributed by atoms with Gasteiger partial charge in [-0.2, -0.15) is 0 Å². The van der Waals surface area contributed by atoms with Gasteiger partial charge in [0, 0.05) is 6.42 Å². The van der Waals surface area contributed by atoms with E-state index in [0.717, 1.165) is 12.8 Å². The van der Waals surface area contributed by atoms with Crippen molar-refractivity contribution in [3.63, 3.8) is 0 Å². The third-order valence-corrected chi connectivity index (χ3v) is 1.79. The van der Waals surface area contributed by atoms with E-state index >= 15 is 0 Å². The number of hydrogen-bond acceptors (Lipinski definition) is 1. The lowest BCUT2D eigenvalue weighted by Gasteiger charge is -2.06. The molecule has 65 valence electrons. The summed E-state index contributed by atoms with van der Waals surface area (Å²) in [6.07, 6.45) is 3.12. The lowest BCUT2D eigenvalue weighted by molar-refractivity contribution is 0.277. The molecule has 1 radical (unpaired) electrons. The number of aliphatic hydroxyl groups is 1. The summed E-state index contributed by atoms with van der Waals surface area (Å²) in [5.74, 6) is 0. The van der Waals surface area contributed by atoms with Crippen molar-refractivity contribution in [1.82, 2.24) is 0 Å². The maximum Gasteiger partial charge on any atom is 0.0976 e. The summed E-state index contributed by atoms with van der Waals surface area (Å²) < 4.78 is 0. The molecule has 0 amide bonds. The third-order valence-electron chi connectivity index (χ3n) is 1.79. The molecule has 1 aromatic rings. The van der Waals surface area contributed by atoms with E-state index in [1.54, 1.807) is 0 Å². The number of benzene rings is 1. The van der Waals surface area contributed by atoms with E-state index < -0.39 is 0 Å². The first kappa shape index (κ1) is 9.27. The first-order valence-electron chi connectivity index (χ1n) is 4.40. The van der Waals surface area contributed by atoms with Crippen LogP contribution in [0.15, 0.2) is 30.3 Å². The predicted molar refractivity (Wildman–Crippen MR) is 50.2 cm³/mol. The highest BCUT2D eigenvalue weighted by Crippen LogP contribution is 2.12. The second-order valence-corrected chi connectivity index (χ2v) is 2.98. The van der Waals surface area contributed by atoms with Crippen LogP contribution in [0.1, 0.15) is 25.3 Å². The van der Waals surface area contributed by atoms with E-state index in [-0.39, 0.29) is 0 Å². The summed E-state index contributed by atoms with van der Waals surface area (Å²) in [6.45, 7) is 2.07. The predicted octanol–water partition coefficient (Wildman–Crippen LogP) is 2.93. The Kier molecular flexibility index (Phi) is 3.81. The minimum absolute atomic E-state index is 0.587. The minimum Gasteiger partial charge on any atom is -0.387 e. The van der Waals surface area contributed by atoms with Gasteiger partial charge in [0.2, 0.25) is 0 Å². The molecule has 1 heteroatoms. The normalized spacial score (nSPS) is 10.6. The zero-order chi connectivity index (χ0) is 8.81. The van der Waals surface area contributed by atoms with Crippen molar-refractivity contribution in [3.05, 3.63) is 42.0 Å².